The Hall–Kier alpha value is -1.87. The van der Waals surface area contributed by atoms with E-state index in [2.05, 4.69) is 9.72 Å². The maximum absolute atomic E-state index is 11.3. The van der Waals surface area contributed by atoms with Crippen LogP contribution in [0.4, 0.5) is 0 Å². The molecule has 3 nitrogen and oxygen atoms in total. The zero-order chi connectivity index (χ0) is 13.1. The van der Waals surface area contributed by atoms with Gasteiger partial charge in [-0.25, -0.2) is 9.78 Å². The number of aryl methyl sites for hydroxylation is 1. The van der Waals surface area contributed by atoms with E-state index in [0.29, 0.717) is 10.7 Å². The molecule has 2 rings (SSSR count). The van der Waals surface area contributed by atoms with Gasteiger partial charge in [-0.2, -0.15) is 0 Å². The van der Waals surface area contributed by atoms with Crippen molar-refractivity contribution in [2.24, 2.45) is 0 Å². The van der Waals surface area contributed by atoms with E-state index in [1.165, 1.54) is 7.11 Å². The molecule has 1 aromatic carbocycles. The van der Waals surface area contributed by atoms with Crippen molar-refractivity contribution in [3.05, 3.63) is 52.8 Å². The number of rotatable bonds is 2. The first-order chi connectivity index (χ1) is 8.61. The maximum atomic E-state index is 11.3. The second kappa shape index (κ2) is 5.19. The molecular formula is C14H12ClNO2. The van der Waals surface area contributed by atoms with Gasteiger partial charge in [-0.15, -0.1) is 0 Å². The Bertz CT molecular complexity index is 579. The first-order valence-corrected chi connectivity index (χ1v) is 5.81. The van der Waals surface area contributed by atoms with Gasteiger partial charge in [-0.3, -0.25) is 0 Å². The normalized spacial score (nSPS) is 10.2. The number of esters is 1. The second-order valence-electron chi connectivity index (χ2n) is 3.84. The average Bonchev–Trinajstić information content (AvgIpc) is 2.38. The quantitative estimate of drug-likeness (QED) is 0.614. The van der Waals surface area contributed by atoms with Crippen LogP contribution in [-0.4, -0.2) is 18.1 Å². The molecule has 92 valence electrons. The van der Waals surface area contributed by atoms with E-state index in [-0.39, 0.29) is 5.97 Å². The van der Waals surface area contributed by atoms with Crippen LogP contribution in [0.2, 0.25) is 5.15 Å². The average molecular weight is 262 g/mol. The largest absolute Gasteiger partial charge is 0.465 e. The molecule has 0 spiro atoms. The standard InChI is InChI=1S/C14H12ClNO2/c1-9-12(7-8-13(15)16-9)10-3-5-11(6-4-10)14(17)18-2/h3-8H,1-2H3. The van der Waals surface area contributed by atoms with Crippen LogP contribution in [0, 0.1) is 6.92 Å². The summed E-state index contributed by atoms with van der Waals surface area (Å²) in [6.45, 7) is 1.90. The number of pyridine rings is 1. The highest BCUT2D eigenvalue weighted by Gasteiger charge is 2.07. The summed E-state index contributed by atoms with van der Waals surface area (Å²) >= 11 is 5.82. The summed E-state index contributed by atoms with van der Waals surface area (Å²) in [5.41, 5.74) is 3.37. The van der Waals surface area contributed by atoms with E-state index >= 15 is 0 Å². The predicted molar refractivity (Wildman–Crippen MR) is 70.8 cm³/mol. The minimum absolute atomic E-state index is 0.340. The van der Waals surface area contributed by atoms with E-state index in [1.54, 1.807) is 18.2 Å². The van der Waals surface area contributed by atoms with Crippen molar-refractivity contribution in [2.75, 3.05) is 7.11 Å². The highest BCUT2D eigenvalue weighted by molar-refractivity contribution is 6.29. The van der Waals surface area contributed by atoms with Gasteiger partial charge in [0.15, 0.2) is 0 Å². The number of nitrogens with zero attached hydrogens (tertiary/aromatic N) is 1. The molecule has 1 aromatic heterocycles. The number of benzene rings is 1. The molecule has 0 aliphatic heterocycles. The highest BCUT2D eigenvalue weighted by atomic mass is 35.5. The van der Waals surface area contributed by atoms with Crippen molar-refractivity contribution in [2.45, 2.75) is 6.92 Å². The Labute approximate surface area is 110 Å². The second-order valence-corrected chi connectivity index (χ2v) is 4.22. The molecule has 0 bridgehead atoms. The lowest BCUT2D eigenvalue weighted by atomic mass is 10.0. The molecule has 0 unspecified atom stereocenters. The molecule has 0 saturated carbocycles. The Morgan fingerprint density at radius 3 is 2.39 bits per heavy atom. The van der Waals surface area contributed by atoms with Crippen LogP contribution in [0.25, 0.3) is 11.1 Å². The lowest BCUT2D eigenvalue weighted by Gasteiger charge is -2.06. The van der Waals surface area contributed by atoms with Crippen LogP contribution in [0.5, 0.6) is 0 Å². The van der Waals surface area contributed by atoms with Crippen LogP contribution < -0.4 is 0 Å². The zero-order valence-electron chi connectivity index (χ0n) is 10.1. The summed E-state index contributed by atoms with van der Waals surface area (Å²) in [7, 11) is 1.36. The van der Waals surface area contributed by atoms with Crippen molar-refractivity contribution < 1.29 is 9.53 Å². The number of hydrogen-bond acceptors (Lipinski definition) is 3. The van der Waals surface area contributed by atoms with E-state index in [4.69, 9.17) is 11.6 Å². The third-order valence-corrected chi connectivity index (χ3v) is 2.88. The maximum Gasteiger partial charge on any atom is 0.337 e. The number of aromatic nitrogens is 1. The van der Waals surface area contributed by atoms with Gasteiger partial charge < -0.3 is 4.74 Å². The third-order valence-electron chi connectivity index (χ3n) is 2.67. The van der Waals surface area contributed by atoms with Gasteiger partial charge in [-0.05, 0) is 36.8 Å². The Kier molecular flexibility index (Phi) is 3.63. The SMILES string of the molecule is COC(=O)c1ccc(-c2ccc(Cl)nc2C)cc1. The summed E-state index contributed by atoms with van der Waals surface area (Å²) < 4.78 is 4.65. The molecule has 0 N–H and O–H groups in total. The number of halogens is 1. The van der Waals surface area contributed by atoms with Crippen molar-refractivity contribution >= 4 is 17.6 Å². The Morgan fingerprint density at radius 1 is 1.17 bits per heavy atom. The monoisotopic (exact) mass is 261 g/mol. The van der Waals surface area contributed by atoms with E-state index < -0.39 is 0 Å². The van der Waals surface area contributed by atoms with Crippen LogP contribution in [0.15, 0.2) is 36.4 Å². The predicted octanol–water partition coefficient (Wildman–Crippen LogP) is 3.50. The summed E-state index contributed by atoms with van der Waals surface area (Å²) in [6.07, 6.45) is 0. The van der Waals surface area contributed by atoms with Crippen LogP contribution in [-0.2, 0) is 4.74 Å². The Morgan fingerprint density at radius 2 is 1.83 bits per heavy atom. The van der Waals surface area contributed by atoms with E-state index in [9.17, 15) is 4.79 Å². The summed E-state index contributed by atoms with van der Waals surface area (Å²) in [4.78, 5) is 15.5. The van der Waals surface area contributed by atoms with Gasteiger partial charge in [-0.1, -0.05) is 23.7 Å². The molecule has 0 saturated heterocycles. The lowest BCUT2D eigenvalue weighted by Crippen LogP contribution is -2.00. The zero-order valence-corrected chi connectivity index (χ0v) is 10.9. The van der Waals surface area contributed by atoms with Gasteiger partial charge in [0.2, 0.25) is 0 Å². The van der Waals surface area contributed by atoms with Crippen molar-refractivity contribution in [3.63, 3.8) is 0 Å². The minimum Gasteiger partial charge on any atom is -0.465 e. The molecule has 2 aromatic rings. The molecule has 0 radical (unpaired) electrons. The fourth-order valence-corrected chi connectivity index (χ4v) is 1.93. The summed E-state index contributed by atoms with van der Waals surface area (Å²) in [6, 6.07) is 10.9. The summed E-state index contributed by atoms with van der Waals surface area (Å²) in [5.74, 6) is -0.340. The van der Waals surface area contributed by atoms with Gasteiger partial charge >= 0.3 is 5.97 Å². The molecule has 0 amide bonds. The van der Waals surface area contributed by atoms with E-state index in [0.717, 1.165) is 16.8 Å². The van der Waals surface area contributed by atoms with Crippen molar-refractivity contribution in [3.8, 4) is 11.1 Å². The molecule has 1 heterocycles. The fourth-order valence-electron chi connectivity index (χ4n) is 1.74. The van der Waals surface area contributed by atoms with Crippen molar-refractivity contribution in [1.82, 2.24) is 4.98 Å². The number of carbonyl (C=O) groups is 1. The molecule has 0 atom stereocenters. The smallest absolute Gasteiger partial charge is 0.337 e. The highest BCUT2D eigenvalue weighted by Crippen LogP contribution is 2.24. The molecular weight excluding hydrogens is 250 g/mol. The summed E-state index contributed by atoms with van der Waals surface area (Å²) in [5, 5.41) is 0.474. The molecule has 0 aliphatic rings. The molecule has 18 heavy (non-hydrogen) atoms. The Balaban J connectivity index is 2.37. The molecule has 0 aliphatic carbocycles. The number of methoxy groups -OCH3 is 1. The van der Waals surface area contributed by atoms with Crippen LogP contribution >= 0.6 is 11.6 Å². The first-order valence-electron chi connectivity index (χ1n) is 5.43. The number of ether oxygens (including phenoxy) is 1. The van der Waals surface area contributed by atoms with Gasteiger partial charge in [0, 0.05) is 11.3 Å². The van der Waals surface area contributed by atoms with Crippen LogP contribution in [0.1, 0.15) is 16.1 Å². The van der Waals surface area contributed by atoms with Crippen LogP contribution in [0.3, 0.4) is 0 Å². The third kappa shape index (κ3) is 2.51. The number of hydrogen-bond donors (Lipinski definition) is 0. The first kappa shape index (κ1) is 12.6. The fraction of sp³-hybridized carbons (Fsp3) is 0.143. The topological polar surface area (TPSA) is 39.2 Å². The van der Waals surface area contributed by atoms with E-state index in [1.807, 2.05) is 25.1 Å². The van der Waals surface area contributed by atoms with Gasteiger partial charge in [0.1, 0.15) is 5.15 Å². The number of carbonyl (C=O) groups excluding carboxylic acids is 1. The molecule has 4 heteroatoms. The van der Waals surface area contributed by atoms with Gasteiger partial charge in [0.05, 0.1) is 12.7 Å². The minimum atomic E-state index is -0.340. The van der Waals surface area contributed by atoms with Gasteiger partial charge in [0.25, 0.3) is 0 Å². The molecule has 0 fully saturated rings. The van der Waals surface area contributed by atoms with Crippen molar-refractivity contribution in [1.29, 1.82) is 0 Å². The lowest BCUT2D eigenvalue weighted by molar-refractivity contribution is 0.0601.